The van der Waals surface area contributed by atoms with Gasteiger partial charge in [0, 0.05) is 18.3 Å². The van der Waals surface area contributed by atoms with Crippen LogP contribution >= 0.6 is 0 Å². The first kappa shape index (κ1) is 13.3. The summed E-state index contributed by atoms with van der Waals surface area (Å²) in [5.41, 5.74) is 3.44. The van der Waals surface area contributed by atoms with Crippen LogP contribution in [0.5, 0.6) is 0 Å². The molecule has 1 aromatic heterocycles. The summed E-state index contributed by atoms with van der Waals surface area (Å²) in [6.45, 7) is 0. The lowest BCUT2D eigenvalue weighted by Crippen LogP contribution is -2.14. The minimum atomic E-state index is -0.956. The first-order valence-electron chi connectivity index (χ1n) is 6.66. The Morgan fingerprint density at radius 1 is 1.29 bits per heavy atom. The Morgan fingerprint density at radius 2 is 2.00 bits per heavy atom. The molecule has 1 N–H and O–H groups in total. The van der Waals surface area contributed by atoms with Crippen molar-refractivity contribution in [3.05, 3.63) is 58.4 Å². The molecule has 5 heteroatoms. The quantitative estimate of drug-likeness (QED) is 0.858. The lowest BCUT2D eigenvalue weighted by Gasteiger charge is -2.14. The molecule has 0 unspecified atom stereocenters. The van der Waals surface area contributed by atoms with E-state index in [1.165, 1.54) is 12.1 Å². The zero-order valence-corrected chi connectivity index (χ0v) is 11.5. The zero-order chi connectivity index (χ0) is 15.0. The second-order valence-electron chi connectivity index (χ2n) is 5.05. The molecule has 1 aliphatic rings. The number of aromatic carboxylic acids is 1. The predicted molar refractivity (Wildman–Crippen MR) is 77.2 cm³/mol. The fourth-order valence-corrected chi connectivity index (χ4v) is 2.55. The Kier molecular flexibility index (Phi) is 3.17. The number of Topliss-reactive ketones (excluding diaryl/α,β-unsaturated/α-hetero) is 1. The maximum Gasteiger partial charge on any atom is 0.335 e. The highest BCUT2D eigenvalue weighted by molar-refractivity contribution is 6.12. The van der Waals surface area contributed by atoms with Crippen molar-refractivity contribution >= 4 is 17.8 Å². The molecule has 2 aromatic rings. The average molecular weight is 282 g/mol. The largest absolute Gasteiger partial charge is 0.478 e. The van der Waals surface area contributed by atoms with Crippen molar-refractivity contribution in [2.75, 3.05) is 0 Å². The lowest BCUT2D eigenvalue weighted by molar-refractivity contribution is 0.0696. The Hall–Kier alpha value is -2.69. The van der Waals surface area contributed by atoms with Gasteiger partial charge in [0.15, 0.2) is 5.78 Å². The molecule has 0 radical (unpaired) electrons. The third-order valence-corrected chi connectivity index (χ3v) is 3.73. The van der Waals surface area contributed by atoms with Gasteiger partial charge in [-0.3, -0.25) is 9.48 Å². The molecule has 0 saturated carbocycles. The summed E-state index contributed by atoms with van der Waals surface area (Å²) in [7, 11) is 1.84. The average Bonchev–Trinajstić information content (AvgIpc) is 2.85. The van der Waals surface area contributed by atoms with Crippen molar-refractivity contribution in [1.82, 2.24) is 9.78 Å². The van der Waals surface area contributed by atoms with Crippen molar-refractivity contribution < 1.29 is 14.7 Å². The molecule has 0 aliphatic heterocycles. The van der Waals surface area contributed by atoms with Gasteiger partial charge in [-0.15, -0.1) is 0 Å². The highest BCUT2D eigenvalue weighted by Gasteiger charge is 2.24. The van der Waals surface area contributed by atoms with Gasteiger partial charge in [0.1, 0.15) is 0 Å². The number of hydrogen-bond acceptors (Lipinski definition) is 3. The lowest BCUT2D eigenvalue weighted by atomic mass is 9.90. The third-order valence-electron chi connectivity index (χ3n) is 3.73. The van der Waals surface area contributed by atoms with Crippen LogP contribution in [0.3, 0.4) is 0 Å². The second kappa shape index (κ2) is 5.01. The number of fused-ring (bicyclic) bond motifs is 1. The molecule has 0 atom stereocenters. The van der Waals surface area contributed by atoms with Gasteiger partial charge in [-0.25, -0.2) is 4.79 Å². The summed E-state index contributed by atoms with van der Waals surface area (Å²) in [6.07, 6.45) is 4.89. The maximum atomic E-state index is 12.4. The van der Waals surface area contributed by atoms with Crippen LogP contribution in [0.25, 0.3) is 6.08 Å². The van der Waals surface area contributed by atoms with Gasteiger partial charge >= 0.3 is 5.97 Å². The van der Waals surface area contributed by atoms with E-state index in [9.17, 15) is 9.59 Å². The normalized spacial score (nSPS) is 16.0. The van der Waals surface area contributed by atoms with Crippen LogP contribution in [0, 0.1) is 0 Å². The minimum absolute atomic E-state index is 0.00617. The van der Waals surface area contributed by atoms with Gasteiger partial charge in [-0.1, -0.05) is 12.1 Å². The van der Waals surface area contributed by atoms with E-state index in [-0.39, 0.29) is 11.3 Å². The summed E-state index contributed by atoms with van der Waals surface area (Å²) in [5, 5.41) is 13.0. The van der Waals surface area contributed by atoms with E-state index in [2.05, 4.69) is 5.10 Å². The van der Waals surface area contributed by atoms with Crippen LogP contribution in [-0.2, 0) is 13.5 Å². The van der Waals surface area contributed by atoms with Gasteiger partial charge in [0.05, 0.1) is 17.3 Å². The van der Waals surface area contributed by atoms with Crippen LogP contribution in [0.1, 0.15) is 38.4 Å². The van der Waals surface area contributed by atoms with Crippen molar-refractivity contribution in [2.45, 2.75) is 12.8 Å². The molecule has 0 saturated heterocycles. The number of benzene rings is 1. The number of rotatable bonds is 2. The number of aromatic nitrogens is 2. The van der Waals surface area contributed by atoms with E-state index >= 15 is 0 Å². The van der Waals surface area contributed by atoms with Crippen LogP contribution in [-0.4, -0.2) is 26.6 Å². The minimum Gasteiger partial charge on any atom is -0.478 e. The fourth-order valence-electron chi connectivity index (χ4n) is 2.55. The molecule has 1 aromatic carbocycles. The molecule has 0 amide bonds. The van der Waals surface area contributed by atoms with Crippen LogP contribution in [0.2, 0.25) is 0 Å². The summed E-state index contributed by atoms with van der Waals surface area (Å²) in [5.74, 6) is -0.949. The molecule has 0 spiro atoms. The molecule has 1 aliphatic carbocycles. The number of carbonyl (C=O) groups excluding carboxylic acids is 1. The molecule has 0 bridgehead atoms. The van der Waals surface area contributed by atoms with Crippen molar-refractivity contribution in [3.63, 3.8) is 0 Å². The maximum absolute atomic E-state index is 12.4. The Balaban J connectivity index is 1.91. The SMILES string of the molecule is Cn1ncc2c1CC/C(=C\c1ccc(C(=O)O)cc1)C2=O. The first-order valence-corrected chi connectivity index (χ1v) is 6.66. The summed E-state index contributed by atoms with van der Waals surface area (Å²) in [6, 6.07) is 6.50. The summed E-state index contributed by atoms with van der Waals surface area (Å²) in [4.78, 5) is 23.2. The standard InChI is InChI=1S/C16H14N2O3/c1-18-14-7-6-12(15(19)13(14)9-17-18)8-10-2-4-11(5-3-10)16(20)21/h2-5,8-9H,6-7H2,1H3,(H,20,21)/b12-8+. The molecule has 0 fully saturated rings. The van der Waals surface area contributed by atoms with E-state index in [0.29, 0.717) is 12.0 Å². The van der Waals surface area contributed by atoms with E-state index in [1.807, 2.05) is 13.1 Å². The molecule has 106 valence electrons. The van der Waals surface area contributed by atoms with Crippen molar-refractivity contribution in [1.29, 1.82) is 0 Å². The van der Waals surface area contributed by atoms with Gasteiger partial charge in [-0.05, 0) is 36.6 Å². The summed E-state index contributed by atoms with van der Waals surface area (Å²) >= 11 is 0. The van der Waals surface area contributed by atoms with E-state index < -0.39 is 5.97 Å². The van der Waals surface area contributed by atoms with Crippen molar-refractivity contribution in [2.24, 2.45) is 7.05 Å². The molecule has 5 nitrogen and oxygen atoms in total. The topological polar surface area (TPSA) is 72.2 Å². The number of allylic oxidation sites excluding steroid dienone is 1. The summed E-state index contributed by atoms with van der Waals surface area (Å²) < 4.78 is 1.74. The third kappa shape index (κ3) is 2.38. The van der Waals surface area contributed by atoms with Crippen LogP contribution < -0.4 is 0 Å². The van der Waals surface area contributed by atoms with Gasteiger partial charge in [0.2, 0.25) is 0 Å². The molecular weight excluding hydrogens is 268 g/mol. The smallest absolute Gasteiger partial charge is 0.335 e. The number of carbonyl (C=O) groups is 2. The first-order chi connectivity index (χ1) is 10.1. The Bertz CT molecular complexity index is 754. The Morgan fingerprint density at radius 3 is 2.67 bits per heavy atom. The number of aryl methyl sites for hydroxylation is 1. The van der Waals surface area contributed by atoms with Gasteiger partial charge in [0.25, 0.3) is 0 Å². The van der Waals surface area contributed by atoms with Crippen LogP contribution in [0.4, 0.5) is 0 Å². The molecule has 3 rings (SSSR count). The fraction of sp³-hybridized carbons (Fsp3) is 0.188. The molecular formula is C16H14N2O3. The number of ketones is 1. The molecule has 1 heterocycles. The van der Waals surface area contributed by atoms with E-state index in [0.717, 1.165) is 23.3 Å². The van der Waals surface area contributed by atoms with E-state index in [1.54, 1.807) is 23.0 Å². The predicted octanol–water partition coefficient (Wildman–Crippen LogP) is 2.33. The number of carboxylic acid groups (broad SMARTS) is 1. The second-order valence-corrected chi connectivity index (χ2v) is 5.05. The highest BCUT2D eigenvalue weighted by Crippen LogP contribution is 2.26. The van der Waals surface area contributed by atoms with Gasteiger partial charge < -0.3 is 5.11 Å². The van der Waals surface area contributed by atoms with Gasteiger partial charge in [-0.2, -0.15) is 5.10 Å². The monoisotopic (exact) mass is 282 g/mol. The number of nitrogens with zero attached hydrogens (tertiary/aromatic N) is 2. The van der Waals surface area contributed by atoms with Crippen molar-refractivity contribution in [3.8, 4) is 0 Å². The van der Waals surface area contributed by atoms with E-state index in [4.69, 9.17) is 5.11 Å². The Labute approximate surface area is 121 Å². The zero-order valence-electron chi connectivity index (χ0n) is 11.5. The highest BCUT2D eigenvalue weighted by atomic mass is 16.4. The molecule has 21 heavy (non-hydrogen) atoms. The number of carboxylic acids is 1. The number of hydrogen-bond donors (Lipinski definition) is 1. The van der Waals surface area contributed by atoms with Crippen LogP contribution in [0.15, 0.2) is 36.0 Å².